The van der Waals surface area contributed by atoms with Crippen molar-refractivity contribution < 1.29 is 42.1 Å². The van der Waals surface area contributed by atoms with Crippen LogP contribution in [0.1, 0.15) is 0 Å². The molecular weight excluding hydrogens is 294 g/mol. The van der Waals surface area contributed by atoms with E-state index in [0.717, 1.165) is 0 Å². The molecule has 0 saturated carbocycles. The quantitative estimate of drug-likeness (QED) is 0.711. The fourth-order valence-electron chi connectivity index (χ4n) is 0.577. The first-order chi connectivity index (χ1) is 3.72. The van der Waals surface area contributed by atoms with Crippen LogP contribution in [0, 0.1) is 0 Å². The summed E-state index contributed by atoms with van der Waals surface area (Å²) in [5.41, 5.74) is 0. The van der Waals surface area contributed by atoms with Crippen molar-refractivity contribution in [3.8, 4) is 0 Å². The van der Waals surface area contributed by atoms with Gasteiger partial charge in [-0.2, -0.15) is 20.4 Å². The van der Waals surface area contributed by atoms with Crippen LogP contribution >= 0.6 is 0 Å². The van der Waals surface area contributed by atoms with Gasteiger partial charge in [0.25, 0.3) is 0 Å². The molecule has 0 atom stereocenters. The van der Waals surface area contributed by atoms with Gasteiger partial charge in [0, 0.05) is 42.1 Å². The van der Waals surface area contributed by atoms with Crippen LogP contribution in [0.3, 0.4) is 0 Å². The summed E-state index contributed by atoms with van der Waals surface area (Å²) in [4.78, 5) is 1.94. The second-order valence-electron chi connectivity index (χ2n) is 1.83. The van der Waals surface area contributed by atoms with Gasteiger partial charge in [0.15, 0.2) is 0 Å². The summed E-state index contributed by atoms with van der Waals surface area (Å²) in [6.45, 7) is 0. The van der Waals surface area contributed by atoms with Crippen molar-refractivity contribution in [1.29, 1.82) is 0 Å². The molecule has 3 nitrogen and oxygen atoms in total. The SMILES string of the molecule is C[N-]C([N-]C)N(C)C.[Mo].[Mo]. The second kappa shape index (κ2) is 10.3. The molecule has 0 bridgehead atoms. The van der Waals surface area contributed by atoms with Crippen LogP contribution in [0.15, 0.2) is 0 Å². The smallest absolute Gasteiger partial charge is 0 e. The molecule has 0 spiro atoms. The molecule has 0 N–H and O–H groups in total. The largest absolute Gasteiger partial charge is 0.668 e. The molecule has 0 heterocycles. The molecule has 10 heavy (non-hydrogen) atoms. The fraction of sp³-hybridized carbons (Fsp3) is 1.00. The molecule has 0 aliphatic rings. The Bertz CT molecular complexity index is 56.9. The van der Waals surface area contributed by atoms with Gasteiger partial charge in [-0.1, -0.05) is 0 Å². The van der Waals surface area contributed by atoms with E-state index in [1.165, 1.54) is 0 Å². The van der Waals surface area contributed by atoms with E-state index in [1.807, 2.05) is 19.0 Å². The minimum atomic E-state index is 0. The Balaban J connectivity index is -0.000000245. The van der Waals surface area contributed by atoms with Gasteiger partial charge in [-0.25, -0.2) is 0 Å². The third-order valence-electron chi connectivity index (χ3n) is 0.924. The zero-order valence-corrected chi connectivity index (χ0v) is 10.7. The first-order valence-corrected chi connectivity index (χ1v) is 2.56. The molecule has 0 saturated heterocycles. The van der Waals surface area contributed by atoms with E-state index in [-0.39, 0.29) is 48.4 Å². The van der Waals surface area contributed by atoms with Crippen molar-refractivity contribution in [3.05, 3.63) is 10.6 Å². The summed E-state index contributed by atoms with van der Waals surface area (Å²) in [5.74, 6) is 0. The van der Waals surface area contributed by atoms with Gasteiger partial charge in [0.2, 0.25) is 0 Å². The van der Waals surface area contributed by atoms with Crippen LogP contribution in [-0.4, -0.2) is 39.4 Å². The predicted molar refractivity (Wildman–Crippen MR) is 36.0 cm³/mol. The maximum absolute atomic E-state index is 3.97. The van der Waals surface area contributed by atoms with E-state index in [2.05, 4.69) is 10.6 Å². The third-order valence-corrected chi connectivity index (χ3v) is 0.924. The third kappa shape index (κ3) is 7.36. The Morgan fingerprint density at radius 1 is 1.00 bits per heavy atom. The van der Waals surface area contributed by atoms with Gasteiger partial charge in [0.05, 0.1) is 0 Å². The molecule has 5 heteroatoms. The van der Waals surface area contributed by atoms with Crippen molar-refractivity contribution in [1.82, 2.24) is 4.90 Å². The van der Waals surface area contributed by atoms with Crippen LogP contribution in [0.5, 0.6) is 0 Å². The van der Waals surface area contributed by atoms with Gasteiger partial charge in [0.1, 0.15) is 0 Å². The Labute approximate surface area is 91.8 Å². The normalized spacial score (nSPS) is 9.00. The molecule has 0 fully saturated rings. The molecule has 62 valence electrons. The summed E-state index contributed by atoms with van der Waals surface area (Å²) in [5, 5.41) is 7.93. The van der Waals surface area contributed by atoms with Crippen LogP contribution in [-0.2, 0) is 42.1 Å². The van der Waals surface area contributed by atoms with E-state index in [0.29, 0.717) is 0 Å². The second-order valence-corrected chi connectivity index (χ2v) is 1.83. The topological polar surface area (TPSA) is 31.4 Å². The molecule has 0 radical (unpaired) electrons. The first kappa shape index (κ1) is 17.4. The van der Waals surface area contributed by atoms with Crippen LogP contribution < -0.4 is 0 Å². The predicted octanol–water partition coefficient (Wildman–Crippen LogP) is 0.834. The van der Waals surface area contributed by atoms with E-state index in [4.69, 9.17) is 0 Å². The molecule has 0 aromatic rings. The molecule has 0 aliphatic heterocycles. The van der Waals surface area contributed by atoms with Crippen LogP contribution in [0.25, 0.3) is 10.6 Å². The minimum absolute atomic E-state index is 0. The zero-order valence-electron chi connectivity index (χ0n) is 6.74. The van der Waals surface area contributed by atoms with Gasteiger partial charge < -0.3 is 15.5 Å². The van der Waals surface area contributed by atoms with E-state index < -0.39 is 0 Å². The summed E-state index contributed by atoms with van der Waals surface area (Å²) in [6, 6.07) is 0. The maximum Gasteiger partial charge on any atom is 0 e. The Hall–Kier alpha value is 1.26. The van der Waals surface area contributed by atoms with Crippen molar-refractivity contribution in [3.63, 3.8) is 0 Å². The number of nitrogens with zero attached hydrogens (tertiary/aromatic N) is 3. The van der Waals surface area contributed by atoms with Crippen molar-refractivity contribution in [2.45, 2.75) is 6.29 Å². The van der Waals surface area contributed by atoms with Gasteiger partial charge >= 0.3 is 0 Å². The molecule has 0 aromatic heterocycles. The molecule has 0 rings (SSSR count). The Morgan fingerprint density at radius 3 is 1.30 bits per heavy atom. The summed E-state index contributed by atoms with van der Waals surface area (Å²) in [6.07, 6.45) is 0.0370. The number of rotatable bonds is 3. The van der Waals surface area contributed by atoms with E-state index >= 15 is 0 Å². The summed E-state index contributed by atoms with van der Waals surface area (Å²) < 4.78 is 0. The molecule has 0 unspecified atom stereocenters. The minimum Gasteiger partial charge on any atom is -0.668 e. The fourth-order valence-corrected chi connectivity index (χ4v) is 0.577. The molecular formula is C5H13Mo2N3-2. The molecule has 0 amide bonds. The number of hydrogen-bond donors (Lipinski definition) is 0. The van der Waals surface area contributed by atoms with Crippen molar-refractivity contribution in [2.24, 2.45) is 0 Å². The Kier molecular flexibility index (Phi) is 17.8. The van der Waals surface area contributed by atoms with Gasteiger partial charge in [-0.3, -0.25) is 0 Å². The average molecular weight is 307 g/mol. The summed E-state index contributed by atoms with van der Waals surface area (Å²) >= 11 is 0. The average Bonchev–Trinajstić information content (AvgIpc) is 1.69. The van der Waals surface area contributed by atoms with Crippen LogP contribution in [0.4, 0.5) is 0 Å². The maximum atomic E-state index is 3.97. The van der Waals surface area contributed by atoms with E-state index in [1.54, 1.807) is 14.1 Å². The van der Waals surface area contributed by atoms with Crippen molar-refractivity contribution >= 4 is 0 Å². The standard InChI is InChI=1S/C5H13N3.2Mo/c1-6-5(7-2)8(3)4;;/h5H,1-4H3;;/q-2;;. The first-order valence-electron chi connectivity index (χ1n) is 2.56. The van der Waals surface area contributed by atoms with Gasteiger partial charge in [-0.05, 0) is 14.1 Å². The van der Waals surface area contributed by atoms with Crippen LogP contribution in [0.2, 0.25) is 0 Å². The molecule has 0 aliphatic carbocycles. The van der Waals surface area contributed by atoms with Gasteiger partial charge in [-0.15, -0.1) is 0 Å². The summed E-state index contributed by atoms with van der Waals surface area (Å²) in [7, 11) is 7.42. The Morgan fingerprint density at radius 2 is 1.30 bits per heavy atom. The van der Waals surface area contributed by atoms with Crippen molar-refractivity contribution in [2.75, 3.05) is 28.2 Å². The molecule has 0 aromatic carbocycles. The number of hydrogen-bond acceptors (Lipinski definition) is 1. The zero-order chi connectivity index (χ0) is 6.57. The monoisotopic (exact) mass is 311 g/mol. The van der Waals surface area contributed by atoms with E-state index in [9.17, 15) is 0 Å².